The topological polar surface area (TPSA) is 145 Å². The van der Waals surface area contributed by atoms with Crippen molar-refractivity contribution in [1.29, 1.82) is 0 Å². The molecule has 1 aromatic heterocycles. The minimum Gasteiger partial charge on any atom is -0.501 e. The monoisotopic (exact) mass is 315 g/mol. The van der Waals surface area contributed by atoms with E-state index < -0.39 is 21.9 Å². The molecule has 0 aliphatic heterocycles. The number of aromatic amines is 1. The Kier molecular flexibility index (Phi) is 3.41. The number of aromatic nitrogens is 1. The van der Waals surface area contributed by atoms with E-state index in [4.69, 9.17) is 28.7 Å². The van der Waals surface area contributed by atoms with Crippen molar-refractivity contribution >= 4 is 45.5 Å². The summed E-state index contributed by atoms with van der Waals surface area (Å²) in [6.45, 7) is 0. The number of nitro groups is 1. The summed E-state index contributed by atoms with van der Waals surface area (Å²) in [4.78, 5) is 25.9. The van der Waals surface area contributed by atoms with Crippen molar-refractivity contribution in [3.63, 3.8) is 0 Å². The third kappa shape index (κ3) is 1.99. The van der Waals surface area contributed by atoms with Gasteiger partial charge in [-0.2, -0.15) is 0 Å². The molecule has 2 N–H and O–H groups in total. The summed E-state index contributed by atoms with van der Waals surface area (Å²) >= 11 is 11.7. The van der Waals surface area contributed by atoms with E-state index in [1.54, 1.807) is 0 Å². The zero-order valence-corrected chi connectivity index (χ0v) is 10.8. The highest BCUT2D eigenvalue weighted by Crippen LogP contribution is 2.43. The lowest BCUT2D eigenvalue weighted by molar-refractivity contribution is -0.387. The molecule has 0 unspecified atom stereocenters. The summed E-state index contributed by atoms with van der Waals surface area (Å²) in [6.07, 6.45) is 0. The van der Waals surface area contributed by atoms with Gasteiger partial charge in [-0.3, -0.25) is 14.9 Å². The highest BCUT2D eigenvalue weighted by Gasteiger charge is 2.25. The third-order valence-electron chi connectivity index (χ3n) is 2.45. The largest absolute Gasteiger partial charge is 0.501 e. The molecule has 0 fully saturated rings. The van der Waals surface area contributed by atoms with Gasteiger partial charge in [0.2, 0.25) is 5.75 Å². The summed E-state index contributed by atoms with van der Waals surface area (Å²) in [5, 5.41) is 23.2. The van der Waals surface area contributed by atoms with Crippen LogP contribution in [0, 0.1) is 10.1 Å². The maximum atomic E-state index is 11.5. The van der Waals surface area contributed by atoms with E-state index in [-0.39, 0.29) is 26.6 Å². The zero-order chi connectivity index (χ0) is 15.0. The van der Waals surface area contributed by atoms with E-state index in [9.17, 15) is 20.0 Å². The molecule has 1 aromatic carbocycles. The normalized spacial score (nSPS) is 10.3. The van der Waals surface area contributed by atoms with Crippen molar-refractivity contribution in [3.05, 3.63) is 47.0 Å². The second-order valence-corrected chi connectivity index (χ2v) is 4.33. The Morgan fingerprint density at radius 1 is 1.50 bits per heavy atom. The van der Waals surface area contributed by atoms with Crippen molar-refractivity contribution in [3.8, 4) is 5.75 Å². The number of aromatic hydroxyl groups is 1. The first kappa shape index (κ1) is 13.9. The molecular weight excluding hydrogens is 313 g/mol. The van der Waals surface area contributed by atoms with Gasteiger partial charge in [0.05, 0.1) is 31.6 Å². The predicted octanol–water partition coefficient (Wildman–Crippen LogP) is 3.39. The fourth-order valence-corrected chi connectivity index (χ4v) is 2.27. The SMILES string of the molecule is [N-]=[N+]=Nc1c(Cl)cc2[nH]c(=O)c([N+](=O)[O-])c(O)c2c1Cl. The van der Waals surface area contributed by atoms with E-state index in [0.29, 0.717) is 0 Å². The molecule has 1 heterocycles. The Morgan fingerprint density at radius 3 is 2.70 bits per heavy atom. The van der Waals surface area contributed by atoms with Gasteiger partial charge in [0.25, 0.3) is 0 Å². The molecular formula is C9H3Cl2N5O4. The molecule has 0 amide bonds. The maximum Gasteiger partial charge on any atom is 0.375 e. The molecule has 2 aromatic rings. The Hall–Kier alpha value is -2.48. The van der Waals surface area contributed by atoms with Crippen molar-refractivity contribution in [2.45, 2.75) is 0 Å². The Labute approximate surface area is 119 Å². The number of hydrogen-bond acceptors (Lipinski definition) is 5. The number of pyridine rings is 1. The van der Waals surface area contributed by atoms with Crippen molar-refractivity contribution in [2.75, 3.05) is 0 Å². The van der Waals surface area contributed by atoms with Crippen LogP contribution in [-0.2, 0) is 0 Å². The van der Waals surface area contributed by atoms with Gasteiger partial charge < -0.3 is 10.1 Å². The van der Waals surface area contributed by atoms with Gasteiger partial charge in [-0.1, -0.05) is 28.3 Å². The van der Waals surface area contributed by atoms with Crippen LogP contribution < -0.4 is 5.56 Å². The number of nitrogens with one attached hydrogen (secondary N) is 1. The summed E-state index contributed by atoms with van der Waals surface area (Å²) in [5.41, 5.74) is 6.01. The number of nitrogens with zero attached hydrogens (tertiary/aromatic N) is 4. The lowest BCUT2D eigenvalue weighted by Gasteiger charge is -2.07. The predicted molar refractivity (Wildman–Crippen MR) is 71.7 cm³/mol. The molecule has 0 aliphatic rings. The fraction of sp³-hybridized carbons (Fsp3) is 0. The number of rotatable bonds is 2. The molecule has 2 rings (SSSR count). The fourth-order valence-electron chi connectivity index (χ4n) is 1.65. The molecule has 0 spiro atoms. The number of halogens is 2. The Bertz CT molecular complexity index is 856. The Morgan fingerprint density at radius 2 is 2.15 bits per heavy atom. The second kappa shape index (κ2) is 4.89. The quantitative estimate of drug-likeness (QED) is 0.287. The zero-order valence-electron chi connectivity index (χ0n) is 9.29. The first-order valence-electron chi connectivity index (χ1n) is 4.85. The van der Waals surface area contributed by atoms with Crippen LogP contribution in [0.25, 0.3) is 21.3 Å². The van der Waals surface area contributed by atoms with Crippen LogP contribution in [0.3, 0.4) is 0 Å². The molecule has 0 saturated carbocycles. The van der Waals surface area contributed by atoms with Gasteiger partial charge in [-0.25, -0.2) is 0 Å². The second-order valence-electron chi connectivity index (χ2n) is 3.54. The minimum atomic E-state index is -1.11. The Balaban J connectivity index is 3.07. The first-order chi connectivity index (χ1) is 9.38. The van der Waals surface area contributed by atoms with Gasteiger partial charge in [0.15, 0.2) is 0 Å². The van der Waals surface area contributed by atoms with Crippen LogP contribution in [0.2, 0.25) is 10.0 Å². The number of H-pyrrole nitrogens is 1. The highest BCUT2D eigenvalue weighted by molar-refractivity contribution is 6.43. The minimum absolute atomic E-state index is 0.0232. The molecule has 11 heteroatoms. The van der Waals surface area contributed by atoms with Crippen LogP contribution in [0.1, 0.15) is 0 Å². The summed E-state index contributed by atoms with van der Waals surface area (Å²) in [7, 11) is 0. The van der Waals surface area contributed by atoms with Gasteiger partial charge in [0, 0.05) is 4.91 Å². The van der Waals surface area contributed by atoms with E-state index in [1.165, 1.54) is 0 Å². The first-order valence-corrected chi connectivity index (χ1v) is 5.60. The third-order valence-corrected chi connectivity index (χ3v) is 3.10. The summed E-state index contributed by atoms with van der Waals surface area (Å²) < 4.78 is 0. The number of benzene rings is 1. The van der Waals surface area contributed by atoms with Crippen LogP contribution in [-0.4, -0.2) is 15.0 Å². The highest BCUT2D eigenvalue weighted by atomic mass is 35.5. The lowest BCUT2D eigenvalue weighted by Crippen LogP contribution is -2.11. The van der Waals surface area contributed by atoms with E-state index in [1.807, 2.05) is 0 Å². The van der Waals surface area contributed by atoms with Crippen LogP contribution in [0.5, 0.6) is 5.75 Å². The molecule has 0 saturated heterocycles. The molecule has 0 bridgehead atoms. The molecule has 0 atom stereocenters. The van der Waals surface area contributed by atoms with Crippen LogP contribution in [0.15, 0.2) is 16.0 Å². The van der Waals surface area contributed by atoms with Crippen molar-refractivity contribution in [2.24, 2.45) is 5.11 Å². The summed E-state index contributed by atoms with van der Waals surface area (Å²) in [5.74, 6) is -0.926. The molecule has 0 aliphatic carbocycles. The number of hydrogen-bond donors (Lipinski definition) is 2. The van der Waals surface area contributed by atoms with E-state index in [2.05, 4.69) is 15.0 Å². The molecule has 102 valence electrons. The average Bonchev–Trinajstić information content (AvgIpc) is 2.33. The van der Waals surface area contributed by atoms with Gasteiger partial charge >= 0.3 is 11.2 Å². The van der Waals surface area contributed by atoms with Crippen LogP contribution >= 0.6 is 23.2 Å². The standard InChI is InChI=1S/C9H3Cl2N5O4/c10-2-1-3-4(5(11)6(2)14-15-12)8(17)7(16(19)20)9(18)13-3/h1H,(H2,13,17,18). The van der Waals surface area contributed by atoms with Crippen LogP contribution in [0.4, 0.5) is 11.4 Å². The maximum absolute atomic E-state index is 11.5. The molecule has 9 nitrogen and oxygen atoms in total. The number of fused-ring (bicyclic) bond motifs is 1. The van der Waals surface area contributed by atoms with E-state index >= 15 is 0 Å². The van der Waals surface area contributed by atoms with Crippen molar-refractivity contribution < 1.29 is 10.0 Å². The van der Waals surface area contributed by atoms with E-state index in [0.717, 1.165) is 6.07 Å². The van der Waals surface area contributed by atoms with Gasteiger partial charge in [-0.15, -0.1) is 0 Å². The van der Waals surface area contributed by atoms with Gasteiger partial charge in [0.1, 0.15) is 0 Å². The van der Waals surface area contributed by atoms with Crippen molar-refractivity contribution in [1.82, 2.24) is 4.98 Å². The summed E-state index contributed by atoms with van der Waals surface area (Å²) in [6, 6.07) is 1.16. The van der Waals surface area contributed by atoms with Gasteiger partial charge in [-0.05, 0) is 11.6 Å². The smallest absolute Gasteiger partial charge is 0.375 e. The molecule has 20 heavy (non-hydrogen) atoms. The molecule has 0 radical (unpaired) electrons. The lowest BCUT2D eigenvalue weighted by atomic mass is 10.1. The number of azide groups is 1. The average molecular weight is 316 g/mol.